The Morgan fingerprint density at radius 2 is 1.75 bits per heavy atom. The largest absolute Gasteiger partial charge is 0.355 e. The number of piperazine rings is 1. The Morgan fingerprint density at radius 1 is 1.08 bits per heavy atom. The van der Waals surface area contributed by atoms with E-state index in [2.05, 4.69) is 29.3 Å². The van der Waals surface area contributed by atoms with Crippen LogP contribution in [-0.2, 0) is 16.0 Å². The van der Waals surface area contributed by atoms with Gasteiger partial charge in [-0.3, -0.25) is 9.59 Å². The fourth-order valence-electron chi connectivity index (χ4n) is 3.37. The van der Waals surface area contributed by atoms with Crippen LogP contribution in [-0.4, -0.2) is 60.9 Å². The lowest BCUT2D eigenvalue weighted by atomic mass is 10.0. The maximum absolute atomic E-state index is 12.8. The van der Waals surface area contributed by atoms with E-state index in [0.717, 1.165) is 39.1 Å². The van der Waals surface area contributed by atoms with E-state index in [1.165, 1.54) is 5.56 Å². The molecule has 1 N–H and O–H groups in total. The van der Waals surface area contributed by atoms with Gasteiger partial charge < -0.3 is 15.1 Å². The van der Waals surface area contributed by atoms with Crippen molar-refractivity contribution in [1.29, 1.82) is 0 Å². The van der Waals surface area contributed by atoms with Crippen LogP contribution in [0.15, 0.2) is 30.3 Å². The summed E-state index contributed by atoms with van der Waals surface area (Å²) in [7, 11) is 0. The summed E-state index contributed by atoms with van der Waals surface area (Å²) in [5.74, 6) is -0.0446. The van der Waals surface area contributed by atoms with Gasteiger partial charge in [-0.25, -0.2) is 0 Å². The van der Waals surface area contributed by atoms with Crippen molar-refractivity contribution in [3.8, 4) is 0 Å². The molecule has 1 saturated carbocycles. The smallest absolute Gasteiger partial charge is 0.238 e. The number of rotatable bonds is 6. The van der Waals surface area contributed by atoms with E-state index >= 15 is 0 Å². The minimum atomic E-state index is -0.773. The van der Waals surface area contributed by atoms with Crippen LogP contribution < -0.4 is 5.32 Å². The summed E-state index contributed by atoms with van der Waals surface area (Å²) < 4.78 is 0. The van der Waals surface area contributed by atoms with Crippen LogP contribution in [0.3, 0.4) is 0 Å². The molecule has 2 amide bonds. The van der Waals surface area contributed by atoms with Gasteiger partial charge in [0.1, 0.15) is 5.41 Å². The Balaban J connectivity index is 1.49. The molecule has 24 heavy (non-hydrogen) atoms. The second-order valence-electron chi connectivity index (χ2n) is 6.80. The number of nitrogens with zero attached hydrogens (tertiary/aromatic N) is 2. The van der Waals surface area contributed by atoms with Gasteiger partial charge in [-0.2, -0.15) is 0 Å². The summed E-state index contributed by atoms with van der Waals surface area (Å²) in [6, 6.07) is 10.1. The van der Waals surface area contributed by atoms with E-state index < -0.39 is 5.41 Å². The highest BCUT2D eigenvalue weighted by molar-refractivity contribution is 6.07. The summed E-state index contributed by atoms with van der Waals surface area (Å²) >= 11 is 0. The zero-order valence-electron chi connectivity index (χ0n) is 14.5. The van der Waals surface area contributed by atoms with Gasteiger partial charge in [0.05, 0.1) is 0 Å². The SMILES string of the molecule is CCN1CCN(C(=O)C2(C(=O)NCCc3ccccc3)CC2)CC1. The summed E-state index contributed by atoms with van der Waals surface area (Å²) in [5.41, 5.74) is 0.426. The average Bonchev–Trinajstić information content (AvgIpc) is 3.44. The molecule has 130 valence electrons. The van der Waals surface area contributed by atoms with Crippen LogP contribution in [0.2, 0.25) is 0 Å². The summed E-state index contributed by atoms with van der Waals surface area (Å²) in [6.45, 7) is 7.05. The average molecular weight is 329 g/mol. The molecule has 0 unspecified atom stereocenters. The van der Waals surface area contributed by atoms with Crippen molar-refractivity contribution in [2.24, 2.45) is 5.41 Å². The molecule has 0 radical (unpaired) electrons. The molecule has 1 aliphatic carbocycles. The quantitative estimate of drug-likeness (QED) is 0.800. The van der Waals surface area contributed by atoms with E-state index in [0.29, 0.717) is 19.4 Å². The maximum atomic E-state index is 12.8. The van der Waals surface area contributed by atoms with Gasteiger partial charge in [0.25, 0.3) is 0 Å². The van der Waals surface area contributed by atoms with Gasteiger partial charge in [-0.1, -0.05) is 37.3 Å². The molecule has 3 rings (SSSR count). The van der Waals surface area contributed by atoms with Gasteiger partial charge in [-0.05, 0) is 31.4 Å². The van der Waals surface area contributed by atoms with E-state index in [-0.39, 0.29) is 11.8 Å². The number of benzene rings is 1. The Hall–Kier alpha value is -1.88. The van der Waals surface area contributed by atoms with Crippen LogP contribution in [0.4, 0.5) is 0 Å². The lowest BCUT2D eigenvalue weighted by Crippen LogP contribution is -2.53. The number of amides is 2. The summed E-state index contributed by atoms with van der Waals surface area (Å²) in [5, 5.41) is 2.98. The van der Waals surface area contributed by atoms with E-state index in [9.17, 15) is 9.59 Å². The van der Waals surface area contributed by atoms with Crippen molar-refractivity contribution < 1.29 is 9.59 Å². The molecule has 0 aromatic heterocycles. The molecule has 1 aromatic rings. The Labute approximate surface area is 144 Å². The van der Waals surface area contributed by atoms with Crippen molar-refractivity contribution in [3.63, 3.8) is 0 Å². The first-order valence-electron chi connectivity index (χ1n) is 8.99. The monoisotopic (exact) mass is 329 g/mol. The predicted octanol–water partition coefficient (Wildman–Crippen LogP) is 1.29. The highest BCUT2D eigenvalue weighted by Crippen LogP contribution is 2.47. The van der Waals surface area contributed by atoms with Gasteiger partial charge in [0.2, 0.25) is 11.8 Å². The Morgan fingerprint density at radius 3 is 2.33 bits per heavy atom. The third-order valence-electron chi connectivity index (χ3n) is 5.24. The van der Waals surface area contributed by atoms with Crippen molar-refractivity contribution in [3.05, 3.63) is 35.9 Å². The van der Waals surface area contributed by atoms with Gasteiger partial charge in [0.15, 0.2) is 0 Å². The van der Waals surface area contributed by atoms with E-state index in [1.807, 2.05) is 23.1 Å². The lowest BCUT2D eigenvalue weighted by molar-refractivity contribution is -0.145. The predicted molar refractivity (Wildman–Crippen MR) is 93.5 cm³/mol. The van der Waals surface area contributed by atoms with Crippen LogP contribution >= 0.6 is 0 Å². The fourth-order valence-corrected chi connectivity index (χ4v) is 3.37. The van der Waals surface area contributed by atoms with Gasteiger partial charge in [0, 0.05) is 32.7 Å². The summed E-state index contributed by atoms with van der Waals surface area (Å²) in [6.07, 6.45) is 2.18. The number of carbonyl (C=O) groups excluding carboxylic acids is 2. The van der Waals surface area contributed by atoms with Crippen LogP contribution in [0.5, 0.6) is 0 Å². The zero-order chi connectivity index (χ0) is 17.0. The van der Waals surface area contributed by atoms with Crippen molar-refractivity contribution in [2.45, 2.75) is 26.2 Å². The normalized spacial score (nSPS) is 19.8. The molecule has 0 bridgehead atoms. The molecule has 1 heterocycles. The minimum Gasteiger partial charge on any atom is -0.355 e. The first kappa shape index (κ1) is 17.0. The Kier molecular flexibility index (Phi) is 5.19. The highest BCUT2D eigenvalue weighted by Gasteiger charge is 2.57. The molecular formula is C19H27N3O2. The molecule has 1 aliphatic heterocycles. The standard InChI is InChI=1S/C19H27N3O2/c1-2-21-12-14-22(15-13-21)18(24)19(9-10-19)17(23)20-11-8-16-6-4-3-5-7-16/h3-7H,2,8-15H2,1H3,(H,20,23). The number of carbonyl (C=O) groups is 2. The molecule has 5 nitrogen and oxygen atoms in total. The van der Waals surface area contributed by atoms with E-state index in [4.69, 9.17) is 0 Å². The second-order valence-corrected chi connectivity index (χ2v) is 6.80. The zero-order valence-corrected chi connectivity index (χ0v) is 14.5. The van der Waals surface area contributed by atoms with Crippen LogP contribution in [0.1, 0.15) is 25.3 Å². The molecule has 2 aliphatic rings. The second kappa shape index (κ2) is 7.34. The molecular weight excluding hydrogens is 302 g/mol. The molecule has 2 fully saturated rings. The van der Waals surface area contributed by atoms with Gasteiger partial charge in [-0.15, -0.1) is 0 Å². The minimum absolute atomic E-state index is 0.0375. The molecule has 0 spiro atoms. The van der Waals surface area contributed by atoms with Crippen LogP contribution in [0.25, 0.3) is 0 Å². The van der Waals surface area contributed by atoms with E-state index in [1.54, 1.807) is 0 Å². The lowest BCUT2D eigenvalue weighted by Gasteiger charge is -2.35. The first-order valence-corrected chi connectivity index (χ1v) is 8.99. The molecule has 1 aromatic carbocycles. The highest BCUT2D eigenvalue weighted by atomic mass is 16.2. The summed E-state index contributed by atoms with van der Waals surface area (Å²) in [4.78, 5) is 29.6. The Bertz CT molecular complexity index is 576. The number of likely N-dealkylation sites (N-methyl/N-ethyl adjacent to an activating group) is 1. The van der Waals surface area contributed by atoms with Crippen molar-refractivity contribution >= 4 is 11.8 Å². The van der Waals surface area contributed by atoms with Gasteiger partial charge >= 0.3 is 0 Å². The maximum Gasteiger partial charge on any atom is 0.238 e. The number of hydrogen-bond donors (Lipinski definition) is 1. The van der Waals surface area contributed by atoms with Crippen molar-refractivity contribution in [1.82, 2.24) is 15.1 Å². The fraction of sp³-hybridized carbons (Fsp3) is 0.579. The topological polar surface area (TPSA) is 52.7 Å². The third kappa shape index (κ3) is 3.61. The molecule has 0 atom stereocenters. The number of nitrogens with one attached hydrogen (secondary N) is 1. The molecule has 1 saturated heterocycles. The first-order chi connectivity index (χ1) is 11.7. The van der Waals surface area contributed by atoms with Crippen LogP contribution in [0, 0.1) is 5.41 Å². The third-order valence-corrected chi connectivity index (χ3v) is 5.24. The number of hydrogen-bond acceptors (Lipinski definition) is 3. The van der Waals surface area contributed by atoms with Crippen molar-refractivity contribution in [2.75, 3.05) is 39.3 Å². The molecule has 5 heteroatoms.